The van der Waals surface area contributed by atoms with E-state index in [1.165, 1.54) is 13.8 Å². The van der Waals surface area contributed by atoms with Gasteiger partial charge in [-0.1, -0.05) is 6.42 Å². The SMILES string of the molecule is CC(NC(=O)C(C)NC(=O)C(CCC(=O)O)NC(=O)C(N)CCCCN)C(=O)O. The molecule has 0 bridgehead atoms. The number of rotatable bonds is 14. The molecule has 0 aliphatic heterocycles. The van der Waals surface area contributed by atoms with Crippen LogP contribution in [-0.2, 0) is 24.0 Å². The summed E-state index contributed by atoms with van der Waals surface area (Å²) < 4.78 is 0. The fourth-order valence-electron chi connectivity index (χ4n) is 2.23. The second-order valence-corrected chi connectivity index (χ2v) is 6.68. The minimum absolute atomic E-state index is 0.206. The molecular weight excluding hydrogens is 386 g/mol. The Morgan fingerprint density at radius 2 is 1.41 bits per heavy atom. The van der Waals surface area contributed by atoms with Crippen molar-refractivity contribution in [3.05, 3.63) is 0 Å². The van der Waals surface area contributed by atoms with Gasteiger partial charge in [0, 0.05) is 6.42 Å². The average Bonchev–Trinajstić information content (AvgIpc) is 2.64. The summed E-state index contributed by atoms with van der Waals surface area (Å²) in [5.41, 5.74) is 11.2. The van der Waals surface area contributed by atoms with Gasteiger partial charge in [0.25, 0.3) is 0 Å². The van der Waals surface area contributed by atoms with Gasteiger partial charge in [0.1, 0.15) is 18.1 Å². The maximum absolute atomic E-state index is 12.4. The van der Waals surface area contributed by atoms with Gasteiger partial charge >= 0.3 is 11.9 Å². The lowest BCUT2D eigenvalue weighted by Crippen LogP contribution is -2.56. The number of carbonyl (C=O) groups excluding carboxylic acids is 3. The Morgan fingerprint density at radius 3 is 1.93 bits per heavy atom. The normalized spacial score (nSPS) is 14.8. The molecule has 3 amide bonds. The van der Waals surface area contributed by atoms with Crippen LogP contribution in [0.15, 0.2) is 0 Å². The van der Waals surface area contributed by atoms with Gasteiger partial charge in [-0.15, -0.1) is 0 Å². The zero-order valence-electron chi connectivity index (χ0n) is 16.6. The summed E-state index contributed by atoms with van der Waals surface area (Å²) in [6.45, 7) is 3.05. The van der Waals surface area contributed by atoms with Gasteiger partial charge in [-0.3, -0.25) is 24.0 Å². The molecule has 0 aromatic heterocycles. The molecule has 0 saturated heterocycles. The molecular formula is C17H31N5O7. The first-order valence-corrected chi connectivity index (χ1v) is 9.30. The first-order valence-electron chi connectivity index (χ1n) is 9.30. The first kappa shape index (κ1) is 26.3. The van der Waals surface area contributed by atoms with Crippen LogP contribution in [0.25, 0.3) is 0 Å². The van der Waals surface area contributed by atoms with E-state index in [1.54, 1.807) is 0 Å². The predicted molar refractivity (Wildman–Crippen MR) is 103 cm³/mol. The van der Waals surface area contributed by atoms with Gasteiger partial charge < -0.3 is 37.6 Å². The number of hydrogen-bond acceptors (Lipinski definition) is 7. The number of hydrogen-bond donors (Lipinski definition) is 7. The summed E-state index contributed by atoms with van der Waals surface area (Å²) in [4.78, 5) is 58.2. The van der Waals surface area contributed by atoms with Crippen molar-refractivity contribution in [3.63, 3.8) is 0 Å². The Balaban J connectivity index is 4.93. The third kappa shape index (κ3) is 11.0. The summed E-state index contributed by atoms with van der Waals surface area (Å²) in [5.74, 6) is -4.55. The number of unbranched alkanes of at least 4 members (excludes halogenated alkanes) is 1. The number of aliphatic carboxylic acids is 2. The number of nitrogens with two attached hydrogens (primary N) is 2. The molecule has 0 fully saturated rings. The van der Waals surface area contributed by atoms with E-state index in [1.807, 2.05) is 0 Å². The zero-order valence-corrected chi connectivity index (χ0v) is 16.6. The molecule has 12 heteroatoms. The summed E-state index contributed by atoms with van der Waals surface area (Å²) in [5, 5.41) is 24.6. The van der Waals surface area contributed by atoms with Crippen molar-refractivity contribution in [2.75, 3.05) is 6.54 Å². The van der Waals surface area contributed by atoms with E-state index in [0.717, 1.165) is 0 Å². The quantitative estimate of drug-likeness (QED) is 0.154. The topological polar surface area (TPSA) is 214 Å². The third-order valence-corrected chi connectivity index (χ3v) is 4.07. The molecule has 0 rings (SSSR count). The molecule has 9 N–H and O–H groups in total. The molecule has 0 saturated carbocycles. The highest BCUT2D eigenvalue weighted by molar-refractivity contribution is 5.94. The molecule has 0 aliphatic rings. The van der Waals surface area contributed by atoms with Crippen molar-refractivity contribution in [2.24, 2.45) is 11.5 Å². The van der Waals surface area contributed by atoms with Crippen molar-refractivity contribution in [1.82, 2.24) is 16.0 Å². The fourth-order valence-corrected chi connectivity index (χ4v) is 2.23. The maximum Gasteiger partial charge on any atom is 0.325 e. The van der Waals surface area contributed by atoms with E-state index in [-0.39, 0.29) is 6.42 Å². The fraction of sp³-hybridized carbons (Fsp3) is 0.706. The lowest BCUT2D eigenvalue weighted by atomic mass is 10.1. The Labute approximate surface area is 168 Å². The van der Waals surface area contributed by atoms with Crippen molar-refractivity contribution in [3.8, 4) is 0 Å². The Hall–Kier alpha value is -2.73. The second-order valence-electron chi connectivity index (χ2n) is 6.68. The minimum Gasteiger partial charge on any atom is -0.481 e. The van der Waals surface area contributed by atoms with Crippen LogP contribution in [0.1, 0.15) is 46.0 Å². The Kier molecular flexibility index (Phi) is 12.2. The molecule has 12 nitrogen and oxygen atoms in total. The summed E-state index contributed by atoms with van der Waals surface area (Å²) in [7, 11) is 0. The van der Waals surface area contributed by atoms with E-state index < -0.39 is 60.2 Å². The largest absolute Gasteiger partial charge is 0.481 e. The van der Waals surface area contributed by atoms with Crippen LogP contribution in [0.4, 0.5) is 0 Å². The number of nitrogens with one attached hydrogen (secondary N) is 3. The highest BCUT2D eigenvalue weighted by atomic mass is 16.4. The smallest absolute Gasteiger partial charge is 0.325 e. The van der Waals surface area contributed by atoms with Crippen LogP contribution in [-0.4, -0.2) is 70.6 Å². The molecule has 4 atom stereocenters. The predicted octanol–water partition coefficient (Wildman–Crippen LogP) is -2.11. The summed E-state index contributed by atoms with van der Waals surface area (Å²) in [6, 6.07) is -4.37. The van der Waals surface area contributed by atoms with Gasteiger partial charge in [0.2, 0.25) is 17.7 Å². The monoisotopic (exact) mass is 417 g/mol. The van der Waals surface area contributed by atoms with Crippen LogP contribution < -0.4 is 27.4 Å². The molecule has 29 heavy (non-hydrogen) atoms. The molecule has 0 radical (unpaired) electrons. The molecule has 166 valence electrons. The Morgan fingerprint density at radius 1 is 0.828 bits per heavy atom. The van der Waals surface area contributed by atoms with Crippen LogP contribution >= 0.6 is 0 Å². The maximum atomic E-state index is 12.4. The minimum atomic E-state index is -1.24. The standard InChI is InChI=1S/C17H31N5O7/c1-9(14(25)21-10(2)17(28)29)20-16(27)12(6-7-13(23)24)22-15(26)11(19)5-3-4-8-18/h9-12H,3-8,18-19H2,1-2H3,(H,20,27)(H,21,25)(H,22,26)(H,23,24)(H,28,29). The lowest BCUT2D eigenvalue weighted by Gasteiger charge is -2.22. The van der Waals surface area contributed by atoms with Gasteiger partial charge in [-0.2, -0.15) is 0 Å². The second kappa shape index (κ2) is 13.4. The van der Waals surface area contributed by atoms with Gasteiger partial charge in [-0.05, 0) is 39.7 Å². The van der Waals surface area contributed by atoms with Crippen LogP contribution in [0.3, 0.4) is 0 Å². The number of carboxylic acids is 2. The van der Waals surface area contributed by atoms with Crippen LogP contribution in [0.5, 0.6) is 0 Å². The highest BCUT2D eigenvalue weighted by Crippen LogP contribution is 2.03. The average molecular weight is 417 g/mol. The number of carboxylic acid groups (broad SMARTS) is 2. The van der Waals surface area contributed by atoms with E-state index in [2.05, 4.69) is 16.0 Å². The highest BCUT2D eigenvalue weighted by Gasteiger charge is 2.27. The van der Waals surface area contributed by atoms with E-state index in [9.17, 15) is 24.0 Å². The van der Waals surface area contributed by atoms with Gasteiger partial charge in [0.15, 0.2) is 0 Å². The van der Waals surface area contributed by atoms with Gasteiger partial charge in [0.05, 0.1) is 6.04 Å². The van der Waals surface area contributed by atoms with Crippen LogP contribution in [0, 0.1) is 0 Å². The first-order chi connectivity index (χ1) is 13.5. The molecule has 0 aromatic rings. The van der Waals surface area contributed by atoms with E-state index in [4.69, 9.17) is 21.7 Å². The van der Waals surface area contributed by atoms with Crippen molar-refractivity contribution >= 4 is 29.7 Å². The third-order valence-electron chi connectivity index (χ3n) is 4.07. The molecule has 0 aliphatic carbocycles. The van der Waals surface area contributed by atoms with Crippen molar-refractivity contribution < 1.29 is 34.2 Å². The van der Waals surface area contributed by atoms with Crippen molar-refractivity contribution in [1.29, 1.82) is 0 Å². The molecule has 0 spiro atoms. The molecule has 0 aromatic carbocycles. The summed E-state index contributed by atoms with van der Waals surface area (Å²) >= 11 is 0. The van der Waals surface area contributed by atoms with E-state index >= 15 is 0 Å². The van der Waals surface area contributed by atoms with Crippen LogP contribution in [0.2, 0.25) is 0 Å². The molecule has 4 unspecified atom stereocenters. The zero-order chi connectivity index (χ0) is 22.6. The number of carbonyl (C=O) groups is 5. The van der Waals surface area contributed by atoms with Gasteiger partial charge in [-0.25, -0.2) is 0 Å². The molecule has 0 heterocycles. The Bertz CT molecular complexity index is 599. The van der Waals surface area contributed by atoms with Crippen molar-refractivity contribution in [2.45, 2.75) is 70.1 Å². The summed E-state index contributed by atoms with van der Waals surface area (Å²) in [6.07, 6.45) is 1.06. The van der Waals surface area contributed by atoms with E-state index in [0.29, 0.717) is 25.8 Å². The number of amides is 3. The lowest BCUT2D eigenvalue weighted by molar-refractivity contribution is -0.141.